The summed E-state index contributed by atoms with van der Waals surface area (Å²) in [5, 5.41) is 0. The topological polar surface area (TPSA) is 18.5 Å². The average molecular weight is 284 g/mol. The molecule has 0 fully saturated rings. The molecule has 0 heterocycles. The van der Waals surface area contributed by atoms with Gasteiger partial charge in [0.2, 0.25) is 0 Å². The minimum absolute atomic E-state index is 0.0944. The highest BCUT2D eigenvalue weighted by Gasteiger charge is 2.18. The van der Waals surface area contributed by atoms with Crippen LogP contribution < -0.4 is 9.47 Å². The van der Waals surface area contributed by atoms with Gasteiger partial charge in [0.25, 0.3) is 0 Å². The maximum Gasteiger partial charge on any atom is 0.123 e. The molecule has 0 spiro atoms. The first-order valence-electron chi connectivity index (χ1n) is 7.47. The maximum absolute atomic E-state index is 5.92. The summed E-state index contributed by atoms with van der Waals surface area (Å²) < 4.78 is 11.6. The van der Waals surface area contributed by atoms with Crippen molar-refractivity contribution >= 4 is 0 Å². The second-order valence-corrected chi connectivity index (χ2v) is 6.11. The van der Waals surface area contributed by atoms with Crippen molar-refractivity contribution in [3.8, 4) is 11.5 Å². The van der Waals surface area contributed by atoms with Crippen LogP contribution in [0.3, 0.4) is 0 Å². The molecule has 2 heteroatoms. The van der Waals surface area contributed by atoms with Crippen LogP contribution in [0.5, 0.6) is 11.5 Å². The molecule has 0 amide bonds. The molecule has 2 aromatic rings. The SMILES string of the molecule is CC(C)(C)c1ccccc1OCCCOc1ccccc1. The average Bonchev–Trinajstić information content (AvgIpc) is 2.47. The van der Waals surface area contributed by atoms with Gasteiger partial charge in [-0.15, -0.1) is 0 Å². The highest BCUT2D eigenvalue weighted by molar-refractivity contribution is 5.38. The molecule has 0 unspecified atom stereocenters. The molecule has 0 radical (unpaired) electrons. The Morgan fingerprint density at radius 2 is 1.38 bits per heavy atom. The standard InChI is InChI=1S/C19H24O2/c1-19(2,3)17-12-7-8-13-18(17)21-15-9-14-20-16-10-5-4-6-11-16/h4-8,10-13H,9,14-15H2,1-3H3. The zero-order valence-corrected chi connectivity index (χ0v) is 13.1. The van der Waals surface area contributed by atoms with Crippen LogP contribution in [0.1, 0.15) is 32.8 Å². The van der Waals surface area contributed by atoms with Gasteiger partial charge in [0.15, 0.2) is 0 Å². The van der Waals surface area contributed by atoms with E-state index >= 15 is 0 Å². The van der Waals surface area contributed by atoms with Crippen LogP contribution in [0.25, 0.3) is 0 Å². The zero-order chi connectivity index (χ0) is 15.1. The van der Waals surface area contributed by atoms with Gasteiger partial charge in [0.1, 0.15) is 11.5 Å². The normalized spacial score (nSPS) is 11.2. The Morgan fingerprint density at radius 1 is 0.762 bits per heavy atom. The molecule has 0 N–H and O–H groups in total. The first-order chi connectivity index (χ1) is 10.1. The summed E-state index contributed by atoms with van der Waals surface area (Å²) in [6.07, 6.45) is 0.868. The van der Waals surface area contributed by atoms with E-state index in [1.165, 1.54) is 5.56 Å². The molecule has 0 bridgehead atoms. The minimum Gasteiger partial charge on any atom is -0.493 e. The lowest BCUT2D eigenvalue weighted by Crippen LogP contribution is -2.14. The van der Waals surface area contributed by atoms with E-state index in [-0.39, 0.29) is 5.41 Å². The molecule has 2 nitrogen and oxygen atoms in total. The van der Waals surface area contributed by atoms with E-state index in [1.54, 1.807) is 0 Å². The molecule has 2 rings (SSSR count). The maximum atomic E-state index is 5.92. The van der Waals surface area contributed by atoms with Crippen LogP contribution in [0, 0.1) is 0 Å². The Kier molecular flexibility index (Phi) is 5.26. The second-order valence-electron chi connectivity index (χ2n) is 6.11. The van der Waals surface area contributed by atoms with Gasteiger partial charge in [-0.2, -0.15) is 0 Å². The molecule has 0 aromatic heterocycles. The molecule has 0 aliphatic rings. The summed E-state index contributed by atoms with van der Waals surface area (Å²) in [5.74, 6) is 1.89. The van der Waals surface area contributed by atoms with E-state index in [2.05, 4.69) is 32.9 Å². The third-order valence-corrected chi connectivity index (χ3v) is 3.25. The summed E-state index contributed by atoms with van der Waals surface area (Å²) in [5.41, 5.74) is 1.34. The Bertz CT molecular complexity index is 541. The summed E-state index contributed by atoms with van der Waals surface area (Å²) >= 11 is 0. The van der Waals surface area contributed by atoms with Gasteiger partial charge in [0, 0.05) is 6.42 Å². The number of hydrogen-bond donors (Lipinski definition) is 0. The van der Waals surface area contributed by atoms with Crippen LogP contribution in [0.2, 0.25) is 0 Å². The summed E-state index contributed by atoms with van der Waals surface area (Å²) in [6, 6.07) is 18.1. The fraction of sp³-hybridized carbons (Fsp3) is 0.368. The van der Waals surface area contributed by atoms with Crippen LogP contribution in [0.15, 0.2) is 54.6 Å². The first-order valence-corrected chi connectivity index (χ1v) is 7.47. The monoisotopic (exact) mass is 284 g/mol. The van der Waals surface area contributed by atoms with Crippen molar-refractivity contribution in [3.05, 3.63) is 60.2 Å². The largest absolute Gasteiger partial charge is 0.493 e. The molecular weight excluding hydrogens is 260 g/mol. The van der Waals surface area contributed by atoms with Crippen LogP contribution in [0.4, 0.5) is 0 Å². The first kappa shape index (κ1) is 15.4. The van der Waals surface area contributed by atoms with E-state index in [4.69, 9.17) is 9.47 Å². The minimum atomic E-state index is 0.0944. The molecule has 0 aliphatic carbocycles. The summed E-state index contributed by atoms with van der Waals surface area (Å²) in [6.45, 7) is 7.94. The lowest BCUT2D eigenvalue weighted by atomic mass is 9.86. The van der Waals surface area contributed by atoms with Gasteiger partial charge >= 0.3 is 0 Å². The Labute approximate surface area is 127 Å². The van der Waals surface area contributed by atoms with Gasteiger partial charge in [-0.3, -0.25) is 0 Å². The number of para-hydroxylation sites is 2. The number of benzene rings is 2. The van der Waals surface area contributed by atoms with Crippen molar-refractivity contribution in [3.63, 3.8) is 0 Å². The molecule has 2 aromatic carbocycles. The van der Waals surface area contributed by atoms with Gasteiger partial charge in [0.05, 0.1) is 13.2 Å². The highest BCUT2D eigenvalue weighted by atomic mass is 16.5. The second kappa shape index (κ2) is 7.16. The third-order valence-electron chi connectivity index (χ3n) is 3.25. The van der Waals surface area contributed by atoms with Gasteiger partial charge in [-0.05, 0) is 29.2 Å². The fourth-order valence-electron chi connectivity index (χ4n) is 2.16. The van der Waals surface area contributed by atoms with Crippen molar-refractivity contribution in [2.24, 2.45) is 0 Å². The van der Waals surface area contributed by atoms with Gasteiger partial charge in [-0.25, -0.2) is 0 Å². The molecular formula is C19H24O2. The van der Waals surface area contributed by atoms with E-state index in [9.17, 15) is 0 Å². The predicted octanol–water partition coefficient (Wildman–Crippen LogP) is 4.83. The van der Waals surface area contributed by atoms with Crippen molar-refractivity contribution in [2.45, 2.75) is 32.6 Å². The number of rotatable bonds is 6. The van der Waals surface area contributed by atoms with Crippen molar-refractivity contribution in [1.29, 1.82) is 0 Å². The van der Waals surface area contributed by atoms with Gasteiger partial charge < -0.3 is 9.47 Å². The zero-order valence-electron chi connectivity index (χ0n) is 13.1. The van der Waals surface area contributed by atoms with Crippen LogP contribution >= 0.6 is 0 Å². The molecule has 0 aliphatic heterocycles. The molecule has 0 atom stereocenters. The Morgan fingerprint density at radius 3 is 2.10 bits per heavy atom. The third kappa shape index (κ3) is 4.82. The van der Waals surface area contributed by atoms with E-state index in [1.807, 2.05) is 42.5 Å². The smallest absolute Gasteiger partial charge is 0.123 e. The molecule has 21 heavy (non-hydrogen) atoms. The quantitative estimate of drug-likeness (QED) is 0.707. The lowest BCUT2D eigenvalue weighted by Gasteiger charge is -2.22. The predicted molar refractivity (Wildman–Crippen MR) is 87.2 cm³/mol. The van der Waals surface area contributed by atoms with E-state index in [0.717, 1.165) is 17.9 Å². The van der Waals surface area contributed by atoms with E-state index < -0.39 is 0 Å². The van der Waals surface area contributed by atoms with Crippen LogP contribution in [-0.2, 0) is 5.41 Å². The molecule has 0 saturated heterocycles. The van der Waals surface area contributed by atoms with Crippen LogP contribution in [-0.4, -0.2) is 13.2 Å². The van der Waals surface area contributed by atoms with Crippen molar-refractivity contribution < 1.29 is 9.47 Å². The lowest BCUT2D eigenvalue weighted by molar-refractivity contribution is 0.244. The summed E-state index contributed by atoms with van der Waals surface area (Å²) in [4.78, 5) is 0. The van der Waals surface area contributed by atoms with Gasteiger partial charge in [-0.1, -0.05) is 57.2 Å². The Balaban J connectivity index is 1.79. The van der Waals surface area contributed by atoms with E-state index in [0.29, 0.717) is 13.2 Å². The van der Waals surface area contributed by atoms with Crippen molar-refractivity contribution in [1.82, 2.24) is 0 Å². The number of ether oxygens (including phenoxy) is 2. The molecule has 112 valence electrons. The fourth-order valence-corrected chi connectivity index (χ4v) is 2.16. The highest BCUT2D eigenvalue weighted by Crippen LogP contribution is 2.30. The molecule has 0 saturated carbocycles. The Hall–Kier alpha value is -1.96. The van der Waals surface area contributed by atoms with Crippen molar-refractivity contribution in [2.75, 3.05) is 13.2 Å². The summed E-state index contributed by atoms with van der Waals surface area (Å²) in [7, 11) is 0. The number of hydrogen-bond acceptors (Lipinski definition) is 2.